The minimum absolute atomic E-state index is 0.107. The lowest BCUT2D eigenvalue weighted by Crippen LogP contribution is -2.54. The van der Waals surface area contributed by atoms with Gasteiger partial charge in [-0.05, 0) is 24.7 Å². The van der Waals surface area contributed by atoms with Crippen LogP contribution >= 0.6 is 0 Å². The van der Waals surface area contributed by atoms with Gasteiger partial charge in [-0.15, -0.1) is 0 Å². The molecule has 0 saturated carbocycles. The van der Waals surface area contributed by atoms with Gasteiger partial charge in [-0.2, -0.15) is 5.26 Å². The molecule has 1 saturated heterocycles. The van der Waals surface area contributed by atoms with Gasteiger partial charge in [0.15, 0.2) is 0 Å². The summed E-state index contributed by atoms with van der Waals surface area (Å²) >= 11 is 0. The van der Waals surface area contributed by atoms with Crippen LogP contribution in [0, 0.1) is 17.1 Å². The zero-order valence-electron chi connectivity index (χ0n) is 11.1. The van der Waals surface area contributed by atoms with Gasteiger partial charge in [0.05, 0.1) is 5.56 Å². The maximum absolute atomic E-state index is 13.3. The monoisotopic (exact) mass is 262 g/mol. The van der Waals surface area contributed by atoms with E-state index in [1.165, 1.54) is 6.07 Å². The Morgan fingerprint density at radius 1 is 1.47 bits per heavy atom. The number of nitriles is 1. The van der Waals surface area contributed by atoms with Crippen molar-refractivity contribution in [3.05, 3.63) is 35.1 Å². The Bertz CT molecular complexity index is 483. The molecule has 2 rings (SSSR count). The van der Waals surface area contributed by atoms with E-state index < -0.39 is 5.82 Å². The SMILES string of the molecule is CN1CCN(Cc2ccc(F)c(C#N)c2)C(CN)C1. The Balaban J connectivity index is 2.10. The molecule has 1 fully saturated rings. The van der Waals surface area contributed by atoms with Crippen molar-refractivity contribution in [2.24, 2.45) is 5.73 Å². The zero-order chi connectivity index (χ0) is 13.8. The highest BCUT2D eigenvalue weighted by Gasteiger charge is 2.24. The van der Waals surface area contributed by atoms with Crippen LogP contribution in [0.3, 0.4) is 0 Å². The molecule has 1 aromatic carbocycles. The Morgan fingerprint density at radius 2 is 2.26 bits per heavy atom. The molecule has 1 heterocycles. The Kier molecular flexibility index (Phi) is 4.48. The van der Waals surface area contributed by atoms with E-state index in [-0.39, 0.29) is 5.56 Å². The van der Waals surface area contributed by atoms with Crippen LogP contribution in [0.25, 0.3) is 0 Å². The van der Waals surface area contributed by atoms with Gasteiger partial charge in [-0.1, -0.05) is 6.07 Å². The highest BCUT2D eigenvalue weighted by Crippen LogP contribution is 2.15. The fourth-order valence-corrected chi connectivity index (χ4v) is 2.47. The normalized spacial score (nSPS) is 21.3. The fourth-order valence-electron chi connectivity index (χ4n) is 2.47. The molecule has 1 unspecified atom stereocenters. The molecule has 1 aliphatic heterocycles. The summed E-state index contributed by atoms with van der Waals surface area (Å²) in [5.41, 5.74) is 6.88. The van der Waals surface area contributed by atoms with Crippen LogP contribution in [0.5, 0.6) is 0 Å². The van der Waals surface area contributed by atoms with Gasteiger partial charge in [0, 0.05) is 38.8 Å². The molecule has 2 N–H and O–H groups in total. The number of rotatable bonds is 3. The summed E-state index contributed by atoms with van der Waals surface area (Å²) in [4.78, 5) is 4.56. The molecule has 19 heavy (non-hydrogen) atoms. The molecule has 1 aromatic rings. The molecule has 5 heteroatoms. The summed E-state index contributed by atoms with van der Waals surface area (Å²) in [5, 5.41) is 8.85. The van der Waals surface area contributed by atoms with Gasteiger partial charge in [-0.25, -0.2) is 4.39 Å². The summed E-state index contributed by atoms with van der Waals surface area (Å²) < 4.78 is 13.3. The second-order valence-electron chi connectivity index (χ2n) is 5.05. The van der Waals surface area contributed by atoms with Gasteiger partial charge in [0.1, 0.15) is 11.9 Å². The first-order valence-electron chi connectivity index (χ1n) is 6.45. The smallest absolute Gasteiger partial charge is 0.140 e. The van der Waals surface area contributed by atoms with Crippen molar-refractivity contribution < 1.29 is 4.39 Å². The molecule has 102 valence electrons. The van der Waals surface area contributed by atoms with Crippen LogP contribution in [-0.2, 0) is 6.54 Å². The number of piperazine rings is 1. The standard InChI is InChI=1S/C14H19FN4/c1-18-4-5-19(13(8-17)10-18)9-11-2-3-14(15)12(6-11)7-16/h2-3,6,13H,4-5,8-10,17H2,1H3. The first-order valence-corrected chi connectivity index (χ1v) is 6.45. The predicted octanol–water partition coefficient (Wildman–Crippen LogP) is 0.772. The van der Waals surface area contributed by atoms with E-state index in [2.05, 4.69) is 16.8 Å². The van der Waals surface area contributed by atoms with E-state index in [0.29, 0.717) is 19.1 Å². The Morgan fingerprint density at radius 3 is 2.95 bits per heavy atom. The lowest BCUT2D eigenvalue weighted by Gasteiger charge is -2.39. The van der Waals surface area contributed by atoms with E-state index in [1.54, 1.807) is 12.1 Å². The summed E-state index contributed by atoms with van der Waals surface area (Å²) in [6.07, 6.45) is 0. The topological polar surface area (TPSA) is 56.3 Å². The average Bonchev–Trinajstić information content (AvgIpc) is 2.42. The number of halogens is 1. The largest absolute Gasteiger partial charge is 0.329 e. The molecule has 0 aromatic heterocycles. The average molecular weight is 262 g/mol. The number of nitrogens with zero attached hydrogens (tertiary/aromatic N) is 3. The maximum Gasteiger partial charge on any atom is 0.140 e. The van der Waals surface area contributed by atoms with Crippen molar-refractivity contribution in [3.8, 4) is 6.07 Å². The summed E-state index contributed by atoms with van der Waals surface area (Å²) in [6.45, 7) is 4.21. The highest BCUT2D eigenvalue weighted by atomic mass is 19.1. The lowest BCUT2D eigenvalue weighted by molar-refractivity contribution is 0.0881. The number of hydrogen-bond acceptors (Lipinski definition) is 4. The molecule has 0 aliphatic carbocycles. The molecule has 4 nitrogen and oxygen atoms in total. The lowest BCUT2D eigenvalue weighted by atomic mass is 10.1. The third kappa shape index (κ3) is 3.29. The van der Waals surface area contributed by atoms with E-state index >= 15 is 0 Å². The second kappa shape index (κ2) is 6.11. The van der Waals surface area contributed by atoms with Crippen LogP contribution in [0.1, 0.15) is 11.1 Å². The van der Waals surface area contributed by atoms with E-state index in [0.717, 1.165) is 25.2 Å². The quantitative estimate of drug-likeness (QED) is 0.874. The molecule has 0 amide bonds. The van der Waals surface area contributed by atoms with Crippen molar-refractivity contribution in [2.45, 2.75) is 12.6 Å². The van der Waals surface area contributed by atoms with Crippen LogP contribution in [-0.4, -0.2) is 49.1 Å². The minimum atomic E-state index is -0.458. The molecule has 0 spiro atoms. The van der Waals surface area contributed by atoms with Crippen LogP contribution in [0.15, 0.2) is 18.2 Å². The van der Waals surface area contributed by atoms with Crippen LogP contribution < -0.4 is 5.73 Å². The van der Waals surface area contributed by atoms with Crippen molar-refractivity contribution >= 4 is 0 Å². The predicted molar refractivity (Wildman–Crippen MR) is 71.9 cm³/mol. The molecular weight excluding hydrogens is 243 g/mol. The van der Waals surface area contributed by atoms with Crippen LogP contribution in [0.2, 0.25) is 0 Å². The minimum Gasteiger partial charge on any atom is -0.329 e. The molecule has 1 atom stereocenters. The second-order valence-corrected chi connectivity index (χ2v) is 5.05. The van der Waals surface area contributed by atoms with Crippen molar-refractivity contribution in [2.75, 3.05) is 33.2 Å². The summed E-state index contributed by atoms with van der Waals surface area (Å²) in [5.74, 6) is -0.458. The van der Waals surface area contributed by atoms with Crippen molar-refractivity contribution in [3.63, 3.8) is 0 Å². The Labute approximate surface area is 113 Å². The molecular formula is C14H19FN4. The number of benzene rings is 1. The van der Waals surface area contributed by atoms with Crippen molar-refractivity contribution in [1.29, 1.82) is 5.26 Å². The molecule has 1 aliphatic rings. The number of nitrogens with two attached hydrogens (primary N) is 1. The highest BCUT2D eigenvalue weighted by molar-refractivity contribution is 5.34. The Hall–Kier alpha value is -1.48. The van der Waals surface area contributed by atoms with E-state index in [9.17, 15) is 4.39 Å². The van der Waals surface area contributed by atoms with Gasteiger partial charge in [0.2, 0.25) is 0 Å². The van der Waals surface area contributed by atoms with Gasteiger partial charge in [0.25, 0.3) is 0 Å². The molecule has 0 radical (unpaired) electrons. The van der Waals surface area contributed by atoms with Crippen molar-refractivity contribution in [1.82, 2.24) is 9.80 Å². The first-order chi connectivity index (χ1) is 9.13. The summed E-state index contributed by atoms with van der Waals surface area (Å²) in [7, 11) is 2.09. The van der Waals surface area contributed by atoms with Crippen LogP contribution in [0.4, 0.5) is 4.39 Å². The number of hydrogen-bond donors (Lipinski definition) is 1. The fraction of sp³-hybridized carbons (Fsp3) is 0.500. The third-order valence-electron chi connectivity index (χ3n) is 3.62. The third-order valence-corrected chi connectivity index (χ3v) is 3.62. The van der Waals surface area contributed by atoms with E-state index in [4.69, 9.17) is 11.0 Å². The van der Waals surface area contributed by atoms with Gasteiger partial charge < -0.3 is 10.6 Å². The number of likely N-dealkylation sites (N-methyl/N-ethyl adjacent to an activating group) is 1. The van der Waals surface area contributed by atoms with E-state index in [1.807, 2.05) is 6.07 Å². The zero-order valence-corrected chi connectivity index (χ0v) is 11.1. The summed E-state index contributed by atoms with van der Waals surface area (Å²) in [6, 6.07) is 6.92. The first kappa shape index (κ1) is 13.9. The molecule has 0 bridgehead atoms. The van der Waals surface area contributed by atoms with Gasteiger partial charge in [-0.3, -0.25) is 4.90 Å². The maximum atomic E-state index is 13.3. The van der Waals surface area contributed by atoms with Gasteiger partial charge >= 0.3 is 0 Å².